The number of rotatable bonds is 8. The predicted molar refractivity (Wildman–Crippen MR) is 115 cm³/mol. The van der Waals surface area contributed by atoms with Crippen LogP contribution in [0.3, 0.4) is 0 Å². The minimum atomic E-state index is 0.598. The summed E-state index contributed by atoms with van der Waals surface area (Å²) in [6, 6.07) is 16.0. The first-order valence-electron chi connectivity index (χ1n) is 9.00. The third-order valence-electron chi connectivity index (χ3n) is 4.26. The second kappa shape index (κ2) is 9.75. The molecule has 146 valence electrons. The molecule has 6 nitrogen and oxygen atoms in total. The van der Waals surface area contributed by atoms with Gasteiger partial charge in [0.2, 0.25) is 0 Å². The fourth-order valence-corrected chi connectivity index (χ4v) is 3.03. The summed E-state index contributed by atoms with van der Waals surface area (Å²) < 4.78 is 12.5. The summed E-state index contributed by atoms with van der Waals surface area (Å²) in [7, 11) is 3.27. The summed E-state index contributed by atoms with van der Waals surface area (Å²) in [5, 5.41) is 11.3. The van der Waals surface area contributed by atoms with Crippen molar-refractivity contribution in [2.45, 2.75) is 13.0 Å². The summed E-state index contributed by atoms with van der Waals surface area (Å²) >= 11 is 5.38. The van der Waals surface area contributed by atoms with Crippen molar-refractivity contribution in [3.05, 3.63) is 72.1 Å². The molecule has 0 atom stereocenters. The van der Waals surface area contributed by atoms with E-state index < -0.39 is 0 Å². The minimum absolute atomic E-state index is 0.598. The molecule has 3 rings (SSSR count). The SMILES string of the molecule is COc1ccc(CCNC(=S)Nc2ccc(Cn3cccn3)cc2)cc1OC. The maximum atomic E-state index is 5.38. The number of anilines is 1. The normalized spacial score (nSPS) is 10.4. The van der Waals surface area contributed by atoms with Gasteiger partial charge in [-0.3, -0.25) is 4.68 Å². The summed E-state index contributed by atoms with van der Waals surface area (Å²) in [4.78, 5) is 0. The van der Waals surface area contributed by atoms with E-state index in [1.165, 1.54) is 5.56 Å². The average Bonchev–Trinajstić information content (AvgIpc) is 3.22. The second-order valence-corrected chi connectivity index (χ2v) is 6.63. The van der Waals surface area contributed by atoms with Crippen molar-refractivity contribution < 1.29 is 9.47 Å². The van der Waals surface area contributed by atoms with E-state index >= 15 is 0 Å². The maximum Gasteiger partial charge on any atom is 0.170 e. The average molecular weight is 397 g/mol. The third-order valence-corrected chi connectivity index (χ3v) is 4.51. The van der Waals surface area contributed by atoms with Gasteiger partial charge in [0, 0.05) is 24.6 Å². The zero-order chi connectivity index (χ0) is 19.8. The molecule has 2 N–H and O–H groups in total. The first-order valence-corrected chi connectivity index (χ1v) is 9.41. The molecule has 0 aliphatic carbocycles. The van der Waals surface area contributed by atoms with Gasteiger partial charge in [0.1, 0.15) is 0 Å². The smallest absolute Gasteiger partial charge is 0.170 e. The van der Waals surface area contributed by atoms with E-state index in [0.717, 1.165) is 42.3 Å². The predicted octanol–water partition coefficient (Wildman–Crippen LogP) is 3.48. The topological polar surface area (TPSA) is 60.3 Å². The van der Waals surface area contributed by atoms with Crippen LogP contribution in [0.4, 0.5) is 5.69 Å². The molecule has 3 aromatic rings. The number of hydrogen-bond acceptors (Lipinski definition) is 4. The second-order valence-electron chi connectivity index (χ2n) is 6.22. The first kappa shape index (κ1) is 19.7. The molecule has 0 saturated carbocycles. The zero-order valence-corrected chi connectivity index (χ0v) is 16.8. The molecule has 28 heavy (non-hydrogen) atoms. The van der Waals surface area contributed by atoms with E-state index in [0.29, 0.717) is 5.11 Å². The van der Waals surface area contributed by atoms with Crippen molar-refractivity contribution in [1.29, 1.82) is 0 Å². The van der Waals surface area contributed by atoms with Crippen LogP contribution in [0.1, 0.15) is 11.1 Å². The monoisotopic (exact) mass is 396 g/mol. The van der Waals surface area contributed by atoms with Crippen molar-refractivity contribution in [1.82, 2.24) is 15.1 Å². The Morgan fingerprint density at radius 1 is 1.04 bits per heavy atom. The number of ether oxygens (including phenoxy) is 2. The van der Waals surface area contributed by atoms with Gasteiger partial charge in [-0.05, 0) is 60.1 Å². The van der Waals surface area contributed by atoms with Gasteiger partial charge in [0.25, 0.3) is 0 Å². The molecule has 0 bridgehead atoms. The Kier molecular flexibility index (Phi) is 6.86. The van der Waals surface area contributed by atoms with E-state index in [4.69, 9.17) is 21.7 Å². The van der Waals surface area contributed by atoms with Gasteiger partial charge >= 0.3 is 0 Å². The first-order chi connectivity index (χ1) is 13.7. The van der Waals surface area contributed by atoms with Crippen LogP contribution in [-0.2, 0) is 13.0 Å². The number of benzene rings is 2. The number of methoxy groups -OCH3 is 2. The van der Waals surface area contributed by atoms with E-state index in [1.54, 1.807) is 20.4 Å². The molecule has 0 aliphatic heterocycles. The van der Waals surface area contributed by atoms with Gasteiger partial charge in [0.05, 0.1) is 20.8 Å². The van der Waals surface area contributed by atoms with Crippen LogP contribution in [0.15, 0.2) is 60.9 Å². The standard InChI is InChI=1S/C21H24N4O2S/c1-26-19-9-6-16(14-20(19)27-2)10-12-22-21(28)24-18-7-4-17(5-8-18)15-25-13-3-11-23-25/h3-9,11,13-14H,10,12,15H2,1-2H3,(H2,22,24,28). The highest BCUT2D eigenvalue weighted by molar-refractivity contribution is 7.80. The summed E-state index contributed by atoms with van der Waals surface area (Å²) in [6.45, 7) is 1.47. The Hall–Kier alpha value is -3.06. The Balaban J connectivity index is 1.45. The van der Waals surface area contributed by atoms with Crippen LogP contribution in [0.5, 0.6) is 11.5 Å². The lowest BCUT2D eigenvalue weighted by molar-refractivity contribution is 0.354. The minimum Gasteiger partial charge on any atom is -0.493 e. The quantitative estimate of drug-likeness (QED) is 0.569. The molecular formula is C21H24N4O2S. The van der Waals surface area contributed by atoms with Gasteiger partial charge in [-0.2, -0.15) is 5.10 Å². The highest BCUT2D eigenvalue weighted by atomic mass is 32.1. The van der Waals surface area contributed by atoms with Crippen LogP contribution in [0.25, 0.3) is 0 Å². The van der Waals surface area contributed by atoms with Crippen molar-refractivity contribution in [2.75, 3.05) is 26.1 Å². The van der Waals surface area contributed by atoms with Crippen molar-refractivity contribution >= 4 is 23.0 Å². The van der Waals surface area contributed by atoms with Crippen molar-refractivity contribution in [2.24, 2.45) is 0 Å². The Morgan fingerprint density at radius 3 is 2.46 bits per heavy atom. The molecule has 0 saturated heterocycles. The number of thiocarbonyl (C=S) groups is 1. The third kappa shape index (κ3) is 5.47. The highest BCUT2D eigenvalue weighted by Gasteiger charge is 2.05. The van der Waals surface area contributed by atoms with Crippen molar-refractivity contribution in [3.63, 3.8) is 0 Å². The summed E-state index contributed by atoms with van der Waals surface area (Å²) in [5.41, 5.74) is 3.28. The van der Waals surface area contributed by atoms with E-state index in [-0.39, 0.29) is 0 Å². The van der Waals surface area contributed by atoms with E-state index in [2.05, 4.69) is 27.9 Å². The lowest BCUT2D eigenvalue weighted by Gasteiger charge is -2.12. The van der Waals surface area contributed by atoms with E-state index in [1.807, 2.05) is 47.3 Å². The summed E-state index contributed by atoms with van der Waals surface area (Å²) in [5.74, 6) is 1.46. The number of nitrogens with zero attached hydrogens (tertiary/aromatic N) is 2. The Labute approximate surface area is 170 Å². The fraction of sp³-hybridized carbons (Fsp3) is 0.238. The van der Waals surface area contributed by atoms with Crippen LogP contribution >= 0.6 is 12.2 Å². The van der Waals surface area contributed by atoms with Crippen LogP contribution in [-0.4, -0.2) is 35.7 Å². The largest absolute Gasteiger partial charge is 0.493 e. The number of aromatic nitrogens is 2. The molecule has 0 spiro atoms. The van der Waals surface area contributed by atoms with Gasteiger partial charge in [-0.15, -0.1) is 0 Å². The summed E-state index contributed by atoms with van der Waals surface area (Å²) in [6.07, 6.45) is 4.55. The van der Waals surface area contributed by atoms with Gasteiger partial charge in [-0.25, -0.2) is 0 Å². The molecule has 7 heteroatoms. The number of nitrogens with one attached hydrogen (secondary N) is 2. The molecule has 0 radical (unpaired) electrons. The van der Waals surface area contributed by atoms with Crippen LogP contribution in [0, 0.1) is 0 Å². The lowest BCUT2D eigenvalue weighted by atomic mass is 10.1. The molecule has 0 amide bonds. The Bertz CT molecular complexity index is 895. The van der Waals surface area contributed by atoms with Crippen LogP contribution < -0.4 is 20.1 Å². The molecule has 0 aliphatic rings. The van der Waals surface area contributed by atoms with Gasteiger partial charge < -0.3 is 20.1 Å². The van der Waals surface area contributed by atoms with Crippen LogP contribution in [0.2, 0.25) is 0 Å². The molecule has 1 heterocycles. The van der Waals surface area contributed by atoms with Gasteiger partial charge in [-0.1, -0.05) is 18.2 Å². The highest BCUT2D eigenvalue weighted by Crippen LogP contribution is 2.27. The lowest BCUT2D eigenvalue weighted by Crippen LogP contribution is -2.30. The van der Waals surface area contributed by atoms with Crippen molar-refractivity contribution in [3.8, 4) is 11.5 Å². The van der Waals surface area contributed by atoms with Gasteiger partial charge in [0.15, 0.2) is 16.6 Å². The molecule has 1 aromatic heterocycles. The Morgan fingerprint density at radius 2 is 1.79 bits per heavy atom. The molecular weight excluding hydrogens is 372 g/mol. The molecule has 2 aromatic carbocycles. The van der Waals surface area contributed by atoms with E-state index in [9.17, 15) is 0 Å². The molecule has 0 unspecified atom stereocenters. The molecule has 0 fully saturated rings. The fourth-order valence-electron chi connectivity index (χ4n) is 2.81. The zero-order valence-electron chi connectivity index (χ0n) is 16.0. The number of hydrogen-bond donors (Lipinski definition) is 2. The maximum absolute atomic E-state index is 5.38.